The zero-order chi connectivity index (χ0) is 21.6. The number of ketones is 1. The molecule has 0 saturated carbocycles. The Hall–Kier alpha value is -3.15. The van der Waals surface area contributed by atoms with Crippen molar-refractivity contribution >= 4 is 34.8 Å². The molecule has 156 valence electrons. The van der Waals surface area contributed by atoms with Gasteiger partial charge in [-0.05, 0) is 41.5 Å². The van der Waals surface area contributed by atoms with Gasteiger partial charge < -0.3 is 4.74 Å². The lowest BCUT2D eigenvalue weighted by molar-refractivity contribution is 0.105. The number of nitrogens with zero attached hydrogens (tertiary/aromatic N) is 2. The molecule has 2 aromatic heterocycles. The van der Waals surface area contributed by atoms with Crippen LogP contribution in [-0.4, -0.2) is 22.7 Å². The molecule has 0 aliphatic heterocycles. The molecule has 0 aliphatic carbocycles. The number of carbonyl (C=O) groups excluding carboxylic acids is 1. The van der Waals surface area contributed by atoms with Crippen molar-refractivity contribution in [3.63, 3.8) is 0 Å². The first kappa shape index (κ1) is 21.1. The van der Waals surface area contributed by atoms with Gasteiger partial charge in [0, 0.05) is 23.1 Å². The van der Waals surface area contributed by atoms with Crippen LogP contribution in [-0.2, 0) is 13.0 Å². The summed E-state index contributed by atoms with van der Waals surface area (Å²) in [6, 6.07) is 20.0. The Morgan fingerprint density at radius 3 is 2.74 bits per heavy atom. The van der Waals surface area contributed by atoms with Gasteiger partial charge in [-0.2, -0.15) is 5.10 Å². The molecule has 2 heterocycles. The number of halogens is 1. The molecule has 0 spiro atoms. The Bertz CT molecular complexity index is 1210. The fourth-order valence-corrected chi connectivity index (χ4v) is 4.40. The Labute approximate surface area is 190 Å². The van der Waals surface area contributed by atoms with Gasteiger partial charge in [0.25, 0.3) is 0 Å². The number of carbonyl (C=O) groups is 1. The minimum atomic E-state index is 0.000498. The molecule has 0 unspecified atom stereocenters. The number of benzene rings is 2. The average Bonchev–Trinajstić information content (AvgIpc) is 3.42. The molecule has 4 nitrogen and oxygen atoms in total. The highest BCUT2D eigenvalue weighted by atomic mass is 35.5. The molecule has 2 aromatic carbocycles. The number of ether oxygens (including phenoxy) is 1. The van der Waals surface area contributed by atoms with E-state index in [1.54, 1.807) is 30.3 Å². The van der Waals surface area contributed by atoms with Crippen molar-refractivity contribution in [2.24, 2.45) is 0 Å². The number of aromatic nitrogens is 2. The van der Waals surface area contributed by atoms with Crippen LogP contribution < -0.4 is 4.74 Å². The number of hydrogen-bond acceptors (Lipinski definition) is 4. The van der Waals surface area contributed by atoms with Crippen LogP contribution in [0, 0.1) is 0 Å². The maximum Gasteiger partial charge on any atom is 0.195 e. The standard InChI is InChI=1S/C25H21ClN2O2S/c1-30-24-11-8-19(13-20(24)16-28-17-21(26)15-27-28)7-10-23(29)25-12-9-22(31-25)14-18-5-3-2-4-6-18/h2-13,15,17H,14,16H2,1H3/b10-7+. The molecule has 4 rings (SSSR count). The third-order valence-electron chi connectivity index (χ3n) is 4.79. The first-order chi connectivity index (χ1) is 15.1. The topological polar surface area (TPSA) is 44.1 Å². The quantitative estimate of drug-likeness (QED) is 0.240. The molecule has 0 bridgehead atoms. The molecule has 6 heteroatoms. The van der Waals surface area contributed by atoms with Crippen LogP contribution in [0.25, 0.3) is 6.08 Å². The van der Waals surface area contributed by atoms with Gasteiger partial charge in [0.05, 0.1) is 29.8 Å². The van der Waals surface area contributed by atoms with Crippen molar-refractivity contribution in [3.8, 4) is 5.75 Å². The number of allylic oxidation sites excluding steroid dienone is 1. The lowest BCUT2D eigenvalue weighted by Crippen LogP contribution is -2.02. The summed E-state index contributed by atoms with van der Waals surface area (Å²) < 4.78 is 7.21. The van der Waals surface area contributed by atoms with E-state index in [4.69, 9.17) is 16.3 Å². The van der Waals surface area contributed by atoms with Gasteiger partial charge in [-0.3, -0.25) is 9.48 Å². The summed E-state index contributed by atoms with van der Waals surface area (Å²) in [6.07, 6.45) is 7.65. The van der Waals surface area contributed by atoms with Crippen molar-refractivity contribution < 1.29 is 9.53 Å². The summed E-state index contributed by atoms with van der Waals surface area (Å²) in [4.78, 5) is 14.6. The summed E-state index contributed by atoms with van der Waals surface area (Å²) in [6.45, 7) is 0.527. The first-order valence-electron chi connectivity index (χ1n) is 9.80. The largest absolute Gasteiger partial charge is 0.496 e. The highest BCUT2D eigenvalue weighted by Crippen LogP contribution is 2.24. The van der Waals surface area contributed by atoms with Gasteiger partial charge in [-0.1, -0.05) is 54.1 Å². The molecule has 0 aliphatic rings. The fraction of sp³-hybridized carbons (Fsp3) is 0.120. The smallest absolute Gasteiger partial charge is 0.195 e. The normalized spacial score (nSPS) is 11.2. The van der Waals surface area contributed by atoms with Crippen molar-refractivity contribution in [2.45, 2.75) is 13.0 Å². The Balaban J connectivity index is 1.46. The summed E-state index contributed by atoms with van der Waals surface area (Å²) in [7, 11) is 1.64. The van der Waals surface area contributed by atoms with Crippen LogP contribution in [0.15, 0.2) is 79.1 Å². The molecule has 0 saturated heterocycles. The summed E-state index contributed by atoms with van der Waals surface area (Å²) >= 11 is 7.50. The fourth-order valence-electron chi connectivity index (χ4n) is 3.28. The zero-order valence-electron chi connectivity index (χ0n) is 17.0. The Morgan fingerprint density at radius 2 is 2.00 bits per heavy atom. The summed E-state index contributed by atoms with van der Waals surface area (Å²) in [5.74, 6) is 0.763. The minimum absolute atomic E-state index is 0.000498. The average molecular weight is 449 g/mol. The highest BCUT2D eigenvalue weighted by molar-refractivity contribution is 7.14. The summed E-state index contributed by atoms with van der Waals surface area (Å²) in [5.41, 5.74) is 3.12. The van der Waals surface area contributed by atoms with Crippen molar-refractivity contribution in [2.75, 3.05) is 7.11 Å². The molecule has 0 N–H and O–H groups in total. The highest BCUT2D eigenvalue weighted by Gasteiger charge is 2.09. The molecular weight excluding hydrogens is 428 g/mol. The third kappa shape index (κ3) is 5.51. The maximum atomic E-state index is 12.7. The van der Waals surface area contributed by atoms with Gasteiger partial charge in [0.2, 0.25) is 0 Å². The monoisotopic (exact) mass is 448 g/mol. The van der Waals surface area contributed by atoms with E-state index in [0.29, 0.717) is 11.6 Å². The molecule has 0 radical (unpaired) electrons. The molecule has 31 heavy (non-hydrogen) atoms. The maximum absolute atomic E-state index is 12.7. The van der Waals surface area contributed by atoms with E-state index >= 15 is 0 Å². The van der Waals surface area contributed by atoms with Gasteiger partial charge >= 0.3 is 0 Å². The zero-order valence-corrected chi connectivity index (χ0v) is 18.6. The second-order valence-corrected chi connectivity index (χ2v) is 8.66. The summed E-state index contributed by atoms with van der Waals surface area (Å²) in [5, 5.41) is 4.81. The van der Waals surface area contributed by atoms with E-state index in [-0.39, 0.29) is 5.78 Å². The van der Waals surface area contributed by atoms with Crippen LogP contribution in [0.2, 0.25) is 5.02 Å². The lowest BCUT2D eigenvalue weighted by Gasteiger charge is -2.09. The third-order valence-corrected chi connectivity index (χ3v) is 6.09. The van der Waals surface area contributed by atoms with Gasteiger partial charge in [-0.25, -0.2) is 0 Å². The molecule has 0 fully saturated rings. The molecule has 0 amide bonds. The van der Waals surface area contributed by atoms with Crippen LogP contribution >= 0.6 is 22.9 Å². The predicted octanol–water partition coefficient (Wildman–Crippen LogP) is 6.14. The van der Waals surface area contributed by atoms with E-state index in [2.05, 4.69) is 17.2 Å². The van der Waals surface area contributed by atoms with Crippen LogP contribution in [0.4, 0.5) is 0 Å². The van der Waals surface area contributed by atoms with Crippen molar-refractivity contribution in [3.05, 3.63) is 111 Å². The second kappa shape index (κ2) is 9.77. The number of hydrogen-bond donors (Lipinski definition) is 0. The van der Waals surface area contributed by atoms with E-state index in [9.17, 15) is 4.79 Å². The van der Waals surface area contributed by atoms with E-state index in [1.165, 1.54) is 21.8 Å². The van der Waals surface area contributed by atoms with Crippen LogP contribution in [0.3, 0.4) is 0 Å². The first-order valence-corrected chi connectivity index (χ1v) is 11.0. The molecule has 4 aromatic rings. The molecule has 0 atom stereocenters. The Morgan fingerprint density at radius 1 is 1.16 bits per heavy atom. The van der Waals surface area contributed by atoms with Crippen LogP contribution in [0.5, 0.6) is 5.75 Å². The van der Waals surface area contributed by atoms with Crippen molar-refractivity contribution in [1.82, 2.24) is 9.78 Å². The SMILES string of the molecule is COc1ccc(/C=C/C(=O)c2ccc(Cc3ccccc3)s2)cc1Cn1cc(Cl)cn1. The Kier molecular flexibility index (Phi) is 6.65. The number of methoxy groups -OCH3 is 1. The predicted molar refractivity (Wildman–Crippen MR) is 126 cm³/mol. The van der Waals surface area contributed by atoms with E-state index < -0.39 is 0 Å². The van der Waals surface area contributed by atoms with Gasteiger partial charge in [0.15, 0.2) is 5.78 Å². The number of rotatable bonds is 8. The van der Waals surface area contributed by atoms with Crippen molar-refractivity contribution in [1.29, 1.82) is 0 Å². The second-order valence-electron chi connectivity index (χ2n) is 7.05. The van der Waals surface area contributed by atoms with E-state index in [0.717, 1.165) is 28.2 Å². The molecular formula is C25H21ClN2O2S. The minimum Gasteiger partial charge on any atom is -0.496 e. The lowest BCUT2D eigenvalue weighted by atomic mass is 10.1. The van der Waals surface area contributed by atoms with Gasteiger partial charge in [0.1, 0.15) is 5.75 Å². The van der Waals surface area contributed by atoms with Gasteiger partial charge in [-0.15, -0.1) is 11.3 Å². The van der Waals surface area contributed by atoms with E-state index in [1.807, 2.05) is 54.6 Å². The number of thiophene rings is 1. The van der Waals surface area contributed by atoms with Crippen LogP contribution in [0.1, 0.15) is 31.2 Å².